The van der Waals surface area contributed by atoms with Gasteiger partial charge < -0.3 is 4.74 Å². The number of carbonyl (C=O) groups excluding carboxylic acids is 2. The molecular formula is C15H18N2O3. The van der Waals surface area contributed by atoms with Crippen LogP contribution in [0.1, 0.15) is 36.0 Å². The number of Topliss-reactive ketones (excluding diaryl/α,β-unsaturated/α-hetero) is 1. The van der Waals surface area contributed by atoms with Gasteiger partial charge in [-0.15, -0.1) is 0 Å². The Hall–Kier alpha value is -1.75. The van der Waals surface area contributed by atoms with Gasteiger partial charge in [0, 0.05) is 43.9 Å². The number of nitrogens with zero attached hydrogens (tertiary/aromatic N) is 2. The van der Waals surface area contributed by atoms with Crippen molar-refractivity contribution in [3.63, 3.8) is 0 Å². The molecule has 2 bridgehead atoms. The van der Waals surface area contributed by atoms with Crippen LogP contribution in [-0.2, 0) is 9.53 Å². The molecule has 0 radical (unpaired) electrons. The highest BCUT2D eigenvalue weighted by Crippen LogP contribution is 2.33. The lowest BCUT2D eigenvalue weighted by molar-refractivity contribution is -0.123. The number of hydrogen-bond acceptors (Lipinski definition) is 5. The number of rotatable bonds is 4. The summed E-state index contributed by atoms with van der Waals surface area (Å²) in [7, 11) is 0. The SMILES string of the molecule is O=C1C[C@H]2CC[C@@H](C1)N2CCOC(=O)c1cccnc1. The van der Waals surface area contributed by atoms with Crippen LogP contribution in [0.3, 0.4) is 0 Å². The number of carbonyl (C=O) groups is 2. The van der Waals surface area contributed by atoms with E-state index in [1.165, 1.54) is 6.20 Å². The molecule has 0 N–H and O–H groups in total. The molecule has 0 amide bonds. The van der Waals surface area contributed by atoms with Crippen LogP contribution in [0.25, 0.3) is 0 Å². The van der Waals surface area contributed by atoms with E-state index >= 15 is 0 Å². The largest absolute Gasteiger partial charge is 0.461 e. The number of pyridine rings is 1. The summed E-state index contributed by atoms with van der Waals surface area (Å²) in [5.41, 5.74) is 0.476. The second kappa shape index (κ2) is 5.71. The van der Waals surface area contributed by atoms with Gasteiger partial charge in [0.15, 0.2) is 0 Å². The van der Waals surface area contributed by atoms with Crippen molar-refractivity contribution in [1.82, 2.24) is 9.88 Å². The summed E-state index contributed by atoms with van der Waals surface area (Å²) in [5, 5.41) is 0. The zero-order valence-corrected chi connectivity index (χ0v) is 11.3. The Labute approximate surface area is 117 Å². The molecule has 20 heavy (non-hydrogen) atoms. The number of fused-ring (bicyclic) bond motifs is 2. The topological polar surface area (TPSA) is 59.5 Å². The van der Waals surface area contributed by atoms with Crippen LogP contribution in [0.5, 0.6) is 0 Å². The first-order valence-electron chi connectivity index (χ1n) is 7.08. The van der Waals surface area contributed by atoms with E-state index in [0.717, 1.165) is 12.8 Å². The van der Waals surface area contributed by atoms with Crippen LogP contribution in [0, 0.1) is 0 Å². The third kappa shape index (κ3) is 2.72. The Balaban J connectivity index is 1.49. The summed E-state index contributed by atoms with van der Waals surface area (Å²) in [6, 6.07) is 4.13. The quantitative estimate of drug-likeness (QED) is 0.777. The molecule has 5 nitrogen and oxygen atoms in total. The second-order valence-electron chi connectivity index (χ2n) is 5.45. The minimum atomic E-state index is -0.335. The van der Waals surface area contributed by atoms with Crippen LogP contribution in [-0.4, -0.2) is 46.9 Å². The average molecular weight is 274 g/mol. The van der Waals surface area contributed by atoms with Crippen molar-refractivity contribution in [3.8, 4) is 0 Å². The molecule has 2 aliphatic heterocycles. The van der Waals surface area contributed by atoms with Gasteiger partial charge in [0.05, 0.1) is 5.56 Å². The fourth-order valence-corrected chi connectivity index (χ4v) is 3.24. The molecule has 0 spiro atoms. The van der Waals surface area contributed by atoms with Crippen LogP contribution < -0.4 is 0 Å². The standard InChI is InChI=1S/C15H18N2O3/c18-14-8-12-3-4-13(9-14)17(12)6-7-20-15(19)11-2-1-5-16-10-11/h1-2,5,10,12-13H,3-4,6-9H2/t12-,13+. The molecule has 5 heteroatoms. The summed E-state index contributed by atoms with van der Waals surface area (Å²) in [6.07, 6.45) is 6.63. The Morgan fingerprint density at radius 2 is 2.10 bits per heavy atom. The molecule has 2 fully saturated rings. The van der Waals surface area contributed by atoms with E-state index in [0.29, 0.717) is 49.4 Å². The van der Waals surface area contributed by atoms with Crippen LogP contribution >= 0.6 is 0 Å². The second-order valence-corrected chi connectivity index (χ2v) is 5.45. The van der Waals surface area contributed by atoms with E-state index in [-0.39, 0.29) is 5.97 Å². The number of piperidine rings is 1. The molecule has 0 saturated carbocycles. The van der Waals surface area contributed by atoms with Crippen molar-refractivity contribution < 1.29 is 14.3 Å². The molecule has 3 heterocycles. The molecular weight excluding hydrogens is 256 g/mol. The minimum Gasteiger partial charge on any atom is -0.461 e. The molecule has 1 aromatic heterocycles. The molecule has 0 unspecified atom stereocenters. The van der Waals surface area contributed by atoms with Crippen LogP contribution in [0.4, 0.5) is 0 Å². The Morgan fingerprint density at radius 1 is 1.35 bits per heavy atom. The van der Waals surface area contributed by atoms with Crippen LogP contribution in [0.15, 0.2) is 24.5 Å². The number of hydrogen-bond donors (Lipinski definition) is 0. The highest BCUT2D eigenvalue weighted by atomic mass is 16.5. The van der Waals surface area contributed by atoms with Gasteiger partial charge in [0.2, 0.25) is 0 Å². The van der Waals surface area contributed by atoms with Crippen molar-refractivity contribution in [2.75, 3.05) is 13.2 Å². The Bertz CT molecular complexity index is 487. The number of aromatic nitrogens is 1. The van der Waals surface area contributed by atoms with E-state index in [1.54, 1.807) is 18.3 Å². The first-order chi connectivity index (χ1) is 9.74. The average Bonchev–Trinajstić information content (AvgIpc) is 2.70. The van der Waals surface area contributed by atoms with Gasteiger partial charge in [-0.3, -0.25) is 14.7 Å². The van der Waals surface area contributed by atoms with Crippen LogP contribution in [0.2, 0.25) is 0 Å². The predicted octanol–water partition coefficient (Wildman–Crippen LogP) is 1.43. The summed E-state index contributed by atoms with van der Waals surface area (Å²) < 4.78 is 5.28. The smallest absolute Gasteiger partial charge is 0.339 e. The van der Waals surface area contributed by atoms with Crippen molar-refractivity contribution in [3.05, 3.63) is 30.1 Å². The third-order valence-corrected chi connectivity index (χ3v) is 4.18. The highest BCUT2D eigenvalue weighted by Gasteiger charge is 2.39. The normalized spacial score (nSPS) is 25.7. The van der Waals surface area contributed by atoms with E-state index < -0.39 is 0 Å². The van der Waals surface area contributed by atoms with Crippen molar-refractivity contribution in [2.24, 2.45) is 0 Å². The maximum Gasteiger partial charge on any atom is 0.339 e. The van der Waals surface area contributed by atoms with Crippen molar-refractivity contribution in [1.29, 1.82) is 0 Å². The van der Waals surface area contributed by atoms with Gasteiger partial charge in [-0.1, -0.05) is 0 Å². The highest BCUT2D eigenvalue weighted by molar-refractivity contribution is 5.88. The summed E-state index contributed by atoms with van der Waals surface area (Å²) in [4.78, 5) is 29.5. The zero-order valence-electron chi connectivity index (χ0n) is 11.3. The fraction of sp³-hybridized carbons (Fsp3) is 0.533. The minimum absolute atomic E-state index is 0.335. The summed E-state index contributed by atoms with van der Waals surface area (Å²) >= 11 is 0. The Morgan fingerprint density at radius 3 is 2.75 bits per heavy atom. The molecule has 0 aromatic carbocycles. The predicted molar refractivity (Wildman–Crippen MR) is 72.3 cm³/mol. The van der Waals surface area contributed by atoms with E-state index in [4.69, 9.17) is 4.74 Å². The lowest BCUT2D eigenvalue weighted by Gasteiger charge is -2.33. The van der Waals surface area contributed by atoms with Gasteiger partial charge in [-0.05, 0) is 25.0 Å². The number of ketones is 1. The van der Waals surface area contributed by atoms with Crippen molar-refractivity contribution >= 4 is 11.8 Å². The molecule has 1 aromatic rings. The maximum atomic E-state index is 11.8. The molecule has 2 aliphatic rings. The van der Waals surface area contributed by atoms with Crippen molar-refractivity contribution in [2.45, 2.75) is 37.8 Å². The fourth-order valence-electron chi connectivity index (χ4n) is 3.24. The molecule has 3 rings (SSSR count). The van der Waals surface area contributed by atoms with E-state index in [2.05, 4.69) is 9.88 Å². The van der Waals surface area contributed by atoms with Gasteiger partial charge in [0.1, 0.15) is 12.4 Å². The molecule has 106 valence electrons. The number of ether oxygens (including phenoxy) is 1. The van der Waals surface area contributed by atoms with Gasteiger partial charge in [-0.2, -0.15) is 0 Å². The lowest BCUT2D eigenvalue weighted by Crippen LogP contribution is -2.44. The first kappa shape index (κ1) is 13.2. The van der Waals surface area contributed by atoms with Gasteiger partial charge in [0.25, 0.3) is 0 Å². The Kier molecular flexibility index (Phi) is 3.78. The monoisotopic (exact) mass is 274 g/mol. The molecule has 2 saturated heterocycles. The molecule has 2 atom stereocenters. The summed E-state index contributed by atoms with van der Waals surface area (Å²) in [6.45, 7) is 1.09. The van der Waals surface area contributed by atoms with Gasteiger partial charge in [-0.25, -0.2) is 4.79 Å². The van der Waals surface area contributed by atoms with E-state index in [9.17, 15) is 9.59 Å². The molecule has 0 aliphatic carbocycles. The lowest BCUT2D eigenvalue weighted by atomic mass is 10.0. The number of esters is 1. The van der Waals surface area contributed by atoms with Gasteiger partial charge >= 0.3 is 5.97 Å². The first-order valence-corrected chi connectivity index (χ1v) is 7.08. The third-order valence-electron chi connectivity index (χ3n) is 4.18. The zero-order chi connectivity index (χ0) is 13.9. The maximum absolute atomic E-state index is 11.8. The summed E-state index contributed by atoms with van der Waals surface area (Å²) in [5.74, 6) is 0.0413. The van der Waals surface area contributed by atoms with E-state index in [1.807, 2.05) is 0 Å².